The van der Waals surface area contributed by atoms with Crippen molar-refractivity contribution in [2.24, 2.45) is 0 Å². The van der Waals surface area contributed by atoms with E-state index < -0.39 is 0 Å². The summed E-state index contributed by atoms with van der Waals surface area (Å²) in [6.45, 7) is 3.31. The number of benzene rings is 1. The Balaban J connectivity index is 1.46. The summed E-state index contributed by atoms with van der Waals surface area (Å²) in [7, 11) is 1.66. The van der Waals surface area contributed by atoms with Crippen LogP contribution in [0.4, 0.5) is 5.69 Å². The summed E-state index contributed by atoms with van der Waals surface area (Å²) < 4.78 is 5.15. The van der Waals surface area contributed by atoms with E-state index in [0.717, 1.165) is 38.3 Å². The van der Waals surface area contributed by atoms with Crippen LogP contribution in [0.2, 0.25) is 0 Å². The quantitative estimate of drug-likeness (QED) is 0.847. The van der Waals surface area contributed by atoms with E-state index in [1.54, 1.807) is 7.11 Å². The Kier molecular flexibility index (Phi) is 5.31. The molecular weight excluding hydrogens is 302 g/mol. The predicted molar refractivity (Wildman–Crippen MR) is 94.3 cm³/mol. The van der Waals surface area contributed by atoms with Crippen LogP contribution in [0.15, 0.2) is 48.8 Å². The summed E-state index contributed by atoms with van der Waals surface area (Å²) in [5.41, 5.74) is 2.34. The van der Waals surface area contributed by atoms with Crippen molar-refractivity contribution in [2.45, 2.75) is 12.8 Å². The van der Waals surface area contributed by atoms with Crippen LogP contribution in [-0.2, 0) is 11.2 Å². The standard InChI is InChI=1S/C19H23N3O2/c1-24-18-5-2-16(3-6-18)4-7-19(23)22-14-12-21(13-15-22)17-8-10-20-11-9-17/h2-3,5-6,8-11H,4,7,12-15H2,1H3. The fourth-order valence-corrected chi connectivity index (χ4v) is 2.97. The van der Waals surface area contributed by atoms with E-state index in [1.807, 2.05) is 53.7 Å². The third-order valence-electron chi connectivity index (χ3n) is 4.45. The molecule has 5 nitrogen and oxygen atoms in total. The van der Waals surface area contributed by atoms with E-state index in [1.165, 1.54) is 11.3 Å². The molecule has 3 rings (SSSR count). The van der Waals surface area contributed by atoms with Gasteiger partial charge in [-0.05, 0) is 36.2 Å². The zero-order valence-electron chi connectivity index (χ0n) is 14.0. The van der Waals surface area contributed by atoms with E-state index in [-0.39, 0.29) is 5.91 Å². The van der Waals surface area contributed by atoms with Gasteiger partial charge in [0.1, 0.15) is 5.75 Å². The lowest BCUT2D eigenvalue weighted by Gasteiger charge is -2.36. The van der Waals surface area contributed by atoms with Crippen LogP contribution in [0.5, 0.6) is 5.75 Å². The third-order valence-corrected chi connectivity index (χ3v) is 4.45. The van der Waals surface area contributed by atoms with E-state index in [2.05, 4.69) is 9.88 Å². The molecule has 2 aromatic rings. The third kappa shape index (κ3) is 4.04. The van der Waals surface area contributed by atoms with Crippen LogP contribution in [0.25, 0.3) is 0 Å². The van der Waals surface area contributed by atoms with Crippen LogP contribution in [0.3, 0.4) is 0 Å². The SMILES string of the molecule is COc1ccc(CCC(=O)N2CCN(c3ccncc3)CC2)cc1. The number of aryl methyl sites for hydroxylation is 1. The van der Waals surface area contributed by atoms with Gasteiger partial charge >= 0.3 is 0 Å². The van der Waals surface area contributed by atoms with Gasteiger partial charge < -0.3 is 14.5 Å². The van der Waals surface area contributed by atoms with Gasteiger partial charge in [-0.15, -0.1) is 0 Å². The van der Waals surface area contributed by atoms with Gasteiger partial charge in [0.05, 0.1) is 7.11 Å². The molecule has 0 N–H and O–H groups in total. The molecule has 1 saturated heterocycles. The lowest BCUT2D eigenvalue weighted by molar-refractivity contribution is -0.131. The van der Waals surface area contributed by atoms with E-state index >= 15 is 0 Å². The number of piperazine rings is 1. The van der Waals surface area contributed by atoms with Crippen LogP contribution in [0, 0.1) is 0 Å². The smallest absolute Gasteiger partial charge is 0.223 e. The molecule has 1 aliphatic heterocycles. The van der Waals surface area contributed by atoms with Gasteiger partial charge in [-0.3, -0.25) is 9.78 Å². The van der Waals surface area contributed by atoms with E-state index in [9.17, 15) is 4.79 Å². The second-order valence-corrected chi connectivity index (χ2v) is 5.92. The van der Waals surface area contributed by atoms with Crippen molar-refractivity contribution in [2.75, 3.05) is 38.2 Å². The normalized spacial score (nSPS) is 14.5. The highest BCUT2D eigenvalue weighted by Crippen LogP contribution is 2.16. The highest BCUT2D eigenvalue weighted by Gasteiger charge is 2.20. The number of anilines is 1. The van der Waals surface area contributed by atoms with E-state index in [4.69, 9.17) is 4.74 Å². The molecule has 0 spiro atoms. The molecule has 1 aromatic carbocycles. The first kappa shape index (κ1) is 16.3. The number of hydrogen-bond acceptors (Lipinski definition) is 4. The molecule has 0 atom stereocenters. The number of aromatic nitrogens is 1. The Bertz CT molecular complexity index is 650. The fourth-order valence-electron chi connectivity index (χ4n) is 2.97. The number of ether oxygens (including phenoxy) is 1. The Morgan fingerprint density at radius 1 is 1.04 bits per heavy atom. The van der Waals surface area contributed by atoms with Crippen molar-refractivity contribution in [1.29, 1.82) is 0 Å². The number of amides is 1. The average molecular weight is 325 g/mol. The minimum absolute atomic E-state index is 0.236. The second kappa shape index (κ2) is 7.81. The van der Waals surface area contributed by atoms with Gasteiger partial charge in [0, 0.05) is 50.7 Å². The lowest BCUT2D eigenvalue weighted by atomic mass is 10.1. The van der Waals surface area contributed by atoms with Crippen molar-refractivity contribution in [3.63, 3.8) is 0 Å². The van der Waals surface area contributed by atoms with Crippen LogP contribution in [0.1, 0.15) is 12.0 Å². The summed E-state index contributed by atoms with van der Waals surface area (Å²) in [5, 5.41) is 0. The van der Waals surface area contributed by atoms with Gasteiger partial charge in [-0.1, -0.05) is 12.1 Å². The van der Waals surface area contributed by atoms with Crippen molar-refractivity contribution in [3.8, 4) is 5.75 Å². The topological polar surface area (TPSA) is 45.7 Å². The summed E-state index contributed by atoms with van der Waals surface area (Å²) in [5.74, 6) is 1.08. The molecule has 1 aliphatic rings. The van der Waals surface area contributed by atoms with Gasteiger partial charge in [-0.2, -0.15) is 0 Å². The molecule has 0 aliphatic carbocycles. The number of nitrogens with zero attached hydrogens (tertiary/aromatic N) is 3. The highest BCUT2D eigenvalue weighted by molar-refractivity contribution is 5.76. The van der Waals surface area contributed by atoms with Crippen molar-refractivity contribution in [3.05, 3.63) is 54.4 Å². The summed E-state index contributed by atoms with van der Waals surface area (Å²) in [6.07, 6.45) is 4.94. The van der Waals surface area contributed by atoms with Gasteiger partial charge in [0.25, 0.3) is 0 Å². The number of hydrogen-bond donors (Lipinski definition) is 0. The Morgan fingerprint density at radius 3 is 2.33 bits per heavy atom. The number of rotatable bonds is 5. The first-order chi connectivity index (χ1) is 11.8. The van der Waals surface area contributed by atoms with Gasteiger partial charge in [-0.25, -0.2) is 0 Å². The Labute approximate surface area is 142 Å². The zero-order chi connectivity index (χ0) is 16.8. The van der Waals surface area contributed by atoms with E-state index in [0.29, 0.717) is 6.42 Å². The highest BCUT2D eigenvalue weighted by atomic mass is 16.5. The molecule has 0 saturated carbocycles. The molecule has 24 heavy (non-hydrogen) atoms. The first-order valence-electron chi connectivity index (χ1n) is 8.32. The Morgan fingerprint density at radius 2 is 1.71 bits per heavy atom. The maximum absolute atomic E-state index is 12.4. The van der Waals surface area contributed by atoms with Gasteiger partial charge in [0.2, 0.25) is 5.91 Å². The minimum Gasteiger partial charge on any atom is -0.497 e. The van der Waals surface area contributed by atoms with Crippen LogP contribution >= 0.6 is 0 Å². The average Bonchev–Trinajstić information content (AvgIpc) is 2.67. The fraction of sp³-hybridized carbons (Fsp3) is 0.368. The predicted octanol–water partition coefficient (Wildman–Crippen LogP) is 2.37. The lowest BCUT2D eigenvalue weighted by Crippen LogP contribution is -2.48. The number of carbonyl (C=O) groups excluding carboxylic acids is 1. The largest absolute Gasteiger partial charge is 0.497 e. The van der Waals surface area contributed by atoms with Crippen molar-refractivity contribution >= 4 is 11.6 Å². The molecule has 2 heterocycles. The minimum atomic E-state index is 0.236. The summed E-state index contributed by atoms with van der Waals surface area (Å²) in [4.78, 5) is 20.7. The van der Waals surface area contributed by atoms with Crippen molar-refractivity contribution < 1.29 is 9.53 Å². The van der Waals surface area contributed by atoms with Gasteiger partial charge in [0.15, 0.2) is 0 Å². The summed E-state index contributed by atoms with van der Waals surface area (Å²) in [6, 6.07) is 11.9. The maximum Gasteiger partial charge on any atom is 0.223 e. The molecule has 1 amide bonds. The first-order valence-corrected chi connectivity index (χ1v) is 8.32. The molecule has 1 aromatic heterocycles. The molecule has 1 fully saturated rings. The molecule has 0 radical (unpaired) electrons. The monoisotopic (exact) mass is 325 g/mol. The van der Waals surface area contributed by atoms with Crippen LogP contribution in [-0.4, -0.2) is 49.1 Å². The molecule has 0 unspecified atom stereocenters. The maximum atomic E-state index is 12.4. The van der Waals surface area contributed by atoms with Crippen LogP contribution < -0.4 is 9.64 Å². The molecular formula is C19H23N3O2. The zero-order valence-corrected chi connectivity index (χ0v) is 14.0. The number of methoxy groups -OCH3 is 1. The Hall–Kier alpha value is -2.56. The summed E-state index contributed by atoms with van der Waals surface area (Å²) >= 11 is 0. The van der Waals surface area contributed by atoms with Crippen molar-refractivity contribution in [1.82, 2.24) is 9.88 Å². The number of carbonyl (C=O) groups is 1. The second-order valence-electron chi connectivity index (χ2n) is 5.92. The molecule has 0 bridgehead atoms. The number of pyridine rings is 1. The molecule has 126 valence electrons. The molecule has 5 heteroatoms.